The number of hydrogen-bond acceptors (Lipinski definition) is 1. The highest BCUT2D eigenvalue weighted by Crippen LogP contribution is 2.15. The zero-order valence-corrected chi connectivity index (χ0v) is 14.6. The second-order valence-electron chi connectivity index (χ2n) is 5.18. The third-order valence-electron chi connectivity index (χ3n) is 3.01. The van der Waals surface area contributed by atoms with Gasteiger partial charge >= 0.3 is 5.17 Å². The molecular formula is C13H27IN2S. The Hall–Kier alpha value is 0.550. The van der Waals surface area contributed by atoms with Gasteiger partial charge in [-0.05, 0) is 36.4 Å². The molecule has 0 bridgehead atoms. The molecule has 0 unspecified atom stereocenters. The fraction of sp³-hybridized carbons (Fsp3) is 0.923. The first-order valence-electron chi connectivity index (χ1n) is 6.62. The molecule has 0 radical (unpaired) electrons. The van der Waals surface area contributed by atoms with Gasteiger partial charge in [0.15, 0.2) is 0 Å². The molecule has 1 aliphatic rings. The highest BCUT2D eigenvalue weighted by atomic mass is 127. The molecular weight excluding hydrogens is 343 g/mol. The molecule has 1 heterocycles. The lowest BCUT2D eigenvalue weighted by molar-refractivity contribution is -0.539. The molecule has 102 valence electrons. The van der Waals surface area contributed by atoms with Gasteiger partial charge in [-0.2, -0.15) is 0 Å². The predicted molar refractivity (Wildman–Crippen MR) is 74.4 cm³/mol. The van der Waals surface area contributed by atoms with E-state index in [9.17, 15) is 0 Å². The molecule has 0 saturated carbocycles. The Morgan fingerprint density at radius 2 is 1.94 bits per heavy atom. The molecule has 0 aromatic heterocycles. The van der Waals surface area contributed by atoms with Crippen LogP contribution in [0.25, 0.3) is 0 Å². The molecule has 1 fully saturated rings. The van der Waals surface area contributed by atoms with Crippen molar-refractivity contribution >= 4 is 16.9 Å². The van der Waals surface area contributed by atoms with Crippen LogP contribution in [-0.2, 0) is 0 Å². The van der Waals surface area contributed by atoms with E-state index in [2.05, 4.69) is 37.6 Å². The molecule has 1 N–H and O–H groups in total. The predicted octanol–water partition coefficient (Wildman–Crippen LogP) is -0.212. The van der Waals surface area contributed by atoms with Gasteiger partial charge < -0.3 is 24.0 Å². The summed E-state index contributed by atoms with van der Waals surface area (Å²) in [6.45, 7) is 12.7. The van der Waals surface area contributed by atoms with Crippen molar-refractivity contribution in [3.8, 4) is 0 Å². The molecule has 17 heavy (non-hydrogen) atoms. The molecule has 2 nitrogen and oxygen atoms in total. The number of nitrogens with zero attached hydrogens (tertiary/aromatic N) is 1. The van der Waals surface area contributed by atoms with E-state index in [1.165, 1.54) is 31.1 Å². The minimum absolute atomic E-state index is 0. The second-order valence-corrected chi connectivity index (χ2v) is 6.44. The molecule has 0 aliphatic carbocycles. The van der Waals surface area contributed by atoms with Crippen LogP contribution in [0, 0.1) is 11.8 Å². The van der Waals surface area contributed by atoms with Gasteiger partial charge in [0.25, 0.3) is 0 Å². The first-order chi connectivity index (χ1) is 7.63. The van der Waals surface area contributed by atoms with Crippen molar-refractivity contribution in [1.29, 1.82) is 0 Å². The van der Waals surface area contributed by atoms with E-state index >= 15 is 0 Å². The van der Waals surface area contributed by atoms with Crippen LogP contribution in [0.15, 0.2) is 0 Å². The summed E-state index contributed by atoms with van der Waals surface area (Å²) in [6.07, 6.45) is 2.69. The largest absolute Gasteiger partial charge is 1.00 e. The molecule has 1 rings (SSSR count). The van der Waals surface area contributed by atoms with Gasteiger partial charge in [0.1, 0.15) is 0 Å². The maximum absolute atomic E-state index is 3.61. The van der Waals surface area contributed by atoms with Crippen LogP contribution in [0.1, 0.15) is 40.5 Å². The van der Waals surface area contributed by atoms with Gasteiger partial charge in [0.2, 0.25) is 0 Å². The zero-order chi connectivity index (χ0) is 12.0. The number of piperidine rings is 1. The maximum atomic E-state index is 3.61. The smallest absolute Gasteiger partial charge is 0.306 e. The zero-order valence-electron chi connectivity index (χ0n) is 11.6. The Morgan fingerprint density at radius 3 is 2.41 bits per heavy atom. The van der Waals surface area contributed by atoms with Gasteiger partial charge in [-0.3, -0.25) is 9.89 Å². The van der Waals surface area contributed by atoms with E-state index < -0.39 is 0 Å². The number of halogens is 1. The summed E-state index contributed by atoms with van der Waals surface area (Å²) in [7, 11) is 0. The quantitative estimate of drug-likeness (QED) is 0.420. The molecule has 0 spiro atoms. The topological polar surface area (TPSA) is 15.0 Å². The lowest BCUT2D eigenvalue weighted by Gasteiger charge is -2.21. The Kier molecular flexibility index (Phi) is 9.78. The van der Waals surface area contributed by atoms with Crippen LogP contribution in [0.4, 0.5) is 0 Å². The SMILES string of the molecule is CCSC(NCC(C)C)=[N+]1CCC(C)CC1.[I-]. The highest BCUT2D eigenvalue weighted by Gasteiger charge is 2.20. The van der Waals surface area contributed by atoms with E-state index in [4.69, 9.17) is 0 Å². The average Bonchev–Trinajstić information content (AvgIpc) is 2.25. The monoisotopic (exact) mass is 370 g/mol. The maximum Gasteiger partial charge on any atom is 0.306 e. The van der Waals surface area contributed by atoms with Crippen LogP contribution in [0.3, 0.4) is 0 Å². The van der Waals surface area contributed by atoms with Crippen LogP contribution in [0.2, 0.25) is 0 Å². The minimum Gasteiger partial charge on any atom is -1.00 e. The van der Waals surface area contributed by atoms with Crippen LogP contribution >= 0.6 is 11.8 Å². The fourth-order valence-corrected chi connectivity index (χ4v) is 2.72. The Bertz CT molecular complexity index is 232. The fourth-order valence-electron chi connectivity index (χ4n) is 1.89. The van der Waals surface area contributed by atoms with Crippen LogP contribution < -0.4 is 29.3 Å². The van der Waals surface area contributed by atoms with Gasteiger partial charge in [0.05, 0.1) is 19.6 Å². The average molecular weight is 370 g/mol. The van der Waals surface area contributed by atoms with Gasteiger partial charge in [-0.1, -0.05) is 27.7 Å². The van der Waals surface area contributed by atoms with Gasteiger partial charge in [-0.25, -0.2) is 0 Å². The summed E-state index contributed by atoms with van der Waals surface area (Å²) >= 11 is 1.96. The number of hydrogen-bond donors (Lipinski definition) is 1. The van der Waals surface area contributed by atoms with E-state index in [-0.39, 0.29) is 24.0 Å². The molecule has 0 amide bonds. The second kappa shape index (κ2) is 9.48. The molecule has 1 aliphatic heterocycles. The van der Waals surface area contributed by atoms with Crippen molar-refractivity contribution in [2.75, 3.05) is 25.4 Å². The normalized spacial score (nSPS) is 20.1. The lowest BCUT2D eigenvalue weighted by Crippen LogP contribution is -3.00. The summed E-state index contributed by atoms with van der Waals surface area (Å²) in [5.74, 6) is 2.79. The van der Waals surface area contributed by atoms with Crippen molar-refractivity contribution in [3.63, 3.8) is 0 Å². The van der Waals surface area contributed by atoms with Gasteiger partial charge in [-0.15, -0.1) is 0 Å². The third kappa shape index (κ3) is 6.89. The third-order valence-corrected chi connectivity index (χ3v) is 3.98. The Morgan fingerprint density at radius 1 is 1.35 bits per heavy atom. The Balaban J connectivity index is 0.00000256. The molecule has 0 atom stereocenters. The first kappa shape index (κ1) is 17.6. The molecule has 0 aromatic rings. The number of thioether (sulfide) groups is 1. The Labute approximate surface area is 128 Å². The van der Waals surface area contributed by atoms with E-state index in [1.807, 2.05) is 11.8 Å². The number of nitrogens with one attached hydrogen (secondary N) is 1. The molecule has 4 heteroatoms. The molecule has 1 saturated heterocycles. The van der Waals surface area contributed by atoms with Crippen molar-refractivity contribution in [3.05, 3.63) is 0 Å². The van der Waals surface area contributed by atoms with Crippen molar-refractivity contribution in [1.82, 2.24) is 5.32 Å². The summed E-state index contributed by atoms with van der Waals surface area (Å²) < 4.78 is 2.54. The number of amidine groups is 1. The summed E-state index contributed by atoms with van der Waals surface area (Å²) in [6, 6.07) is 0. The minimum atomic E-state index is 0. The lowest BCUT2D eigenvalue weighted by atomic mass is 10.0. The summed E-state index contributed by atoms with van der Waals surface area (Å²) in [5.41, 5.74) is 0. The van der Waals surface area contributed by atoms with E-state index in [0.29, 0.717) is 0 Å². The van der Waals surface area contributed by atoms with Crippen LogP contribution in [-0.4, -0.2) is 35.1 Å². The van der Waals surface area contributed by atoms with Crippen LogP contribution in [0.5, 0.6) is 0 Å². The van der Waals surface area contributed by atoms with E-state index in [0.717, 1.165) is 24.1 Å². The first-order valence-corrected chi connectivity index (χ1v) is 7.60. The van der Waals surface area contributed by atoms with Crippen molar-refractivity contribution in [2.45, 2.75) is 40.5 Å². The highest BCUT2D eigenvalue weighted by molar-refractivity contribution is 8.13. The summed E-state index contributed by atoms with van der Waals surface area (Å²) in [5, 5.41) is 5.02. The number of rotatable bonds is 3. The van der Waals surface area contributed by atoms with Gasteiger partial charge in [0, 0.05) is 5.75 Å². The van der Waals surface area contributed by atoms with E-state index in [1.54, 1.807) is 0 Å². The molecule has 0 aromatic carbocycles. The summed E-state index contributed by atoms with van der Waals surface area (Å²) in [4.78, 5) is 0. The van der Waals surface area contributed by atoms with Crippen molar-refractivity contribution < 1.29 is 28.6 Å². The standard InChI is InChI=1S/C13H26N2S.HI/c1-5-16-13(14-10-11(2)3)15-8-6-12(4)7-9-15;/h11-12H,5-10H2,1-4H3;1H. The van der Waals surface area contributed by atoms with Crippen molar-refractivity contribution in [2.24, 2.45) is 11.8 Å².